The number of nitrogens with zero attached hydrogens (tertiary/aromatic N) is 1. The molecule has 0 fully saturated rings. The Morgan fingerprint density at radius 1 is 1.44 bits per heavy atom. The molecule has 1 aromatic carbocycles. The van der Waals surface area contributed by atoms with Gasteiger partial charge < -0.3 is 15.4 Å². The molecule has 1 aliphatic heterocycles. The van der Waals surface area contributed by atoms with Gasteiger partial charge in [-0.25, -0.2) is 0 Å². The number of anilines is 2. The molecule has 2 rings (SSSR count). The van der Waals surface area contributed by atoms with Crippen LogP contribution in [0.3, 0.4) is 0 Å². The zero-order valence-corrected chi connectivity index (χ0v) is 11.4. The maximum Gasteiger partial charge on any atom is 0.235 e. The number of fused-ring (bicyclic) bond motifs is 1. The van der Waals surface area contributed by atoms with E-state index in [1.54, 1.807) is 11.9 Å². The molecule has 0 radical (unpaired) electrons. The van der Waals surface area contributed by atoms with E-state index in [1.807, 2.05) is 26.0 Å². The van der Waals surface area contributed by atoms with Gasteiger partial charge in [0.1, 0.15) is 6.61 Å². The Bertz CT molecular complexity index is 495. The zero-order valence-electron chi connectivity index (χ0n) is 11.4. The molecule has 0 unspecified atom stereocenters. The summed E-state index contributed by atoms with van der Waals surface area (Å²) < 4.78 is 5.75. The second kappa shape index (κ2) is 4.19. The van der Waals surface area contributed by atoms with Crippen molar-refractivity contribution in [3.8, 4) is 5.75 Å². The van der Waals surface area contributed by atoms with Crippen LogP contribution in [0.4, 0.5) is 11.4 Å². The summed E-state index contributed by atoms with van der Waals surface area (Å²) in [7, 11) is 1.77. The van der Waals surface area contributed by atoms with E-state index in [0.29, 0.717) is 18.0 Å². The van der Waals surface area contributed by atoms with Crippen molar-refractivity contribution in [3.05, 3.63) is 17.7 Å². The number of nitrogens with two attached hydrogens (primary N) is 1. The maximum absolute atomic E-state index is 12.3. The first-order valence-electron chi connectivity index (χ1n) is 6.20. The van der Waals surface area contributed by atoms with Gasteiger partial charge in [0.15, 0.2) is 5.75 Å². The molecular formula is C14H20N2O2. The van der Waals surface area contributed by atoms with Gasteiger partial charge in [0, 0.05) is 7.05 Å². The summed E-state index contributed by atoms with van der Waals surface area (Å²) in [5.41, 5.74) is 7.96. The topological polar surface area (TPSA) is 55.6 Å². The minimum absolute atomic E-state index is 0.0499. The van der Waals surface area contributed by atoms with Crippen LogP contribution in [-0.2, 0) is 11.2 Å². The minimum Gasteiger partial charge on any atom is -0.488 e. The van der Waals surface area contributed by atoms with E-state index >= 15 is 0 Å². The second-order valence-corrected chi connectivity index (χ2v) is 5.42. The highest BCUT2D eigenvalue weighted by Gasteiger charge is 2.36. The molecule has 0 saturated carbocycles. The average molecular weight is 248 g/mol. The molecule has 0 aromatic heterocycles. The van der Waals surface area contributed by atoms with Gasteiger partial charge >= 0.3 is 0 Å². The first-order valence-corrected chi connectivity index (χ1v) is 6.20. The van der Waals surface area contributed by atoms with Gasteiger partial charge in [-0.15, -0.1) is 0 Å². The van der Waals surface area contributed by atoms with Gasteiger partial charge in [0.05, 0.1) is 16.8 Å². The quantitative estimate of drug-likeness (QED) is 0.775. The minimum atomic E-state index is -0.535. The van der Waals surface area contributed by atoms with Gasteiger partial charge in [-0.1, -0.05) is 6.92 Å². The van der Waals surface area contributed by atoms with E-state index in [4.69, 9.17) is 10.5 Å². The molecular weight excluding hydrogens is 228 g/mol. The lowest BCUT2D eigenvalue weighted by atomic mass is 9.93. The van der Waals surface area contributed by atoms with E-state index in [-0.39, 0.29) is 5.91 Å². The summed E-state index contributed by atoms with van der Waals surface area (Å²) >= 11 is 0. The third-order valence-electron chi connectivity index (χ3n) is 3.39. The second-order valence-electron chi connectivity index (χ2n) is 5.42. The summed E-state index contributed by atoms with van der Waals surface area (Å²) in [5.74, 6) is 0.669. The van der Waals surface area contributed by atoms with Crippen LogP contribution < -0.4 is 15.4 Å². The standard InChI is InChI=1S/C14H20N2O2/c1-5-9-6-10(15)12-11(7-9)16(4)13(17)14(2,3)8-18-12/h6-7H,5,8,15H2,1-4H3. The van der Waals surface area contributed by atoms with Gasteiger partial charge in [-0.3, -0.25) is 4.79 Å². The maximum atomic E-state index is 12.3. The van der Waals surface area contributed by atoms with Crippen molar-refractivity contribution in [1.29, 1.82) is 0 Å². The number of benzene rings is 1. The molecule has 1 aliphatic rings. The number of amides is 1. The fraction of sp³-hybridized carbons (Fsp3) is 0.500. The fourth-order valence-electron chi connectivity index (χ4n) is 2.18. The first-order chi connectivity index (χ1) is 8.36. The predicted octanol–water partition coefficient (Wildman–Crippen LogP) is 2.21. The number of carbonyl (C=O) groups excluding carboxylic acids is 1. The molecule has 0 spiro atoms. The number of aryl methyl sites for hydroxylation is 1. The highest BCUT2D eigenvalue weighted by molar-refractivity contribution is 5.99. The summed E-state index contributed by atoms with van der Waals surface area (Å²) in [4.78, 5) is 14.0. The number of nitrogen functional groups attached to an aromatic ring is 1. The van der Waals surface area contributed by atoms with E-state index in [9.17, 15) is 4.79 Å². The third kappa shape index (κ3) is 1.92. The van der Waals surface area contributed by atoms with E-state index in [2.05, 4.69) is 6.92 Å². The zero-order chi connectivity index (χ0) is 13.5. The monoisotopic (exact) mass is 248 g/mol. The third-order valence-corrected chi connectivity index (χ3v) is 3.39. The van der Waals surface area contributed by atoms with Crippen LogP contribution in [0.5, 0.6) is 5.75 Å². The van der Waals surface area contributed by atoms with Crippen LogP contribution in [0.2, 0.25) is 0 Å². The molecule has 0 aliphatic carbocycles. The van der Waals surface area contributed by atoms with Gasteiger partial charge in [-0.05, 0) is 38.0 Å². The SMILES string of the molecule is CCc1cc(N)c2c(c1)N(C)C(=O)C(C)(C)CO2. The average Bonchev–Trinajstić information content (AvgIpc) is 2.41. The first kappa shape index (κ1) is 12.7. The van der Waals surface area contributed by atoms with Crippen molar-refractivity contribution in [3.63, 3.8) is 0 Å². The van der Waals surface area contributed by atoms with Gasteiger partial charge in [-0.2, -0.15) is 0 Å². The Morgan fingerprint density at radius 2 is 2.11 bits per heavy atom. The summed E-state index contributed by atoms with van der Waals surface area (Å²) in [5, 5.41) is 0. The molecule has 0 saturated heterocycles. The molecule has 0 bridgehead atoms. The Morgan fingerprint density at radius 3 is 2.72 bits per heavy atom. The molecule has 0 atom stereocenters. The van der Waals surface area contributed by atoms with Crippen LogP contribution in [0, 0.1) is 5.41 Å². The molecule has 18 heavy (non-hydrogen) atoms. The van der Waals surface area contributed by atoms with Crippen LogP contribution in [0.15, 0.2) is 12.1 Å². The lowest BCUT2D eigenvalue weighted by Gasteiger charge is -2.24. The number of carbonyl (C=O) groups is 1. The van der Waals surface area contributed by atoms with E-state index in [1.165, 1.54) is 0 Å². The lowest BCUT2D eigenvalue weighted by molar-refractivity contribution is -0.127. The summed E-state index contributed by atoms with van der Waals surface area (Å²) in [6, 6.07) is 3.89. The molecule has 1 aromatic rings. The Balaban J connectivity index is 2.57. The van der Waals surface area contributed by atoms with E-state index < -0.39 is 5.41 Å². The predicted molar refractivity (Wildman–Crippen MR) is 72.9 cm³/mol. The van der Waals surface area contributed by atoms with Crippen molar-refractivity contribution in [2.45, 2.75) is 27.2 Å². The highest BCUT2D eigenvalue weighted by atomic mass is 16.5. The van der Waals surface area contributed by atoms with Gasteiger partial charge in [0.2, 0.25) is 5.91 Å². The Labute approximate surface area is 108 Å². The normalized spacial score (nSPS) is 18.0. The molecule has 4 nitrogen and oxygen atoms in total. The summed E-state index contributed by atoms with van der Waals surface area (Å²) in [6.45, 7) is 6.17. The summed E-state index contributed by atoms with van der Waals surface area (Å²) in [6.07, 6.45) is 0.878. The van der Waals surface area contributed by atoms with Crippen LogP contribution in [-0.4, -0.2) is 19.6 Å². The van der Waals surface area contributed by atoms with E-state index in [0.717, 1.165) is 17.7 Å². The Kier molecular flexibility index (Phi) is 2.97. The molecule has 1 amide bonds. The molecule has 4 heteroatoms. The van der Waals surface area contributed by atoms with Crippen LogP contribution in [0.1, 0.15) is 26.3 Å². The molecule has 2 N–H and O–H groups in total. The largest absolute Gasteiger partial charge is 0.488 e. The smallest absolute Gasteiger partial charge is 0.235 e. The van der Waals surface area contributed by atoms with Gasteiger partial charge in [0.25, 0.3) is 0 Å². The van der Waals surface area contributed by atoms with Crippen molar-refractivity contribution < 1.29 is 9.53 Å². The molecule has 1 heterocycles. The van der Waals surface area contributed by atoms with Crippen molar-refractivity contribution in [2.24, 2.45) is 5.41 Å². The number of rotatable bonds is 1. The number of ether oxygens (including phenoxy) is 1. The van der Waals surface area contributed by atoms with Crippen molar-refractivity contribution >= 4 is 17.3 Å². The number of hydrogen-bond acceptors (Lipinski definition) is 3. The Hall–Kier alpha value is -1.71. The number of hydrogen-bond donors (Lipinski definition) is 1. The highest BCUT2D eigenvalue weighted by Crippen LogP contribution is 2.40. The lowest BCUT2D eigenvalue weighted by Crippen LogP contribution is -2.39. The fourth-order valence-corrected chi connectivity index (χ4v) is 2.18. The van der Waals surface area contributed by atoms with Crippen molar-refractivity contribution in [1.82, 2.24) is 0 Å². The van der Waals surface area contributed by atoms with Crippen molar-refractivity contribution in [2.75, 3.05) is 24.3 Å². The van der Waals surface area contributed by atoms with Crippen LogP contribution >= 0.6 is 0 Å². The van der Waals surface area contributed by atoms with Crippen LogP contribution in [0.25, 0.3) is 0 Å². The molecule has 98 valence electrons.